The van der Waals surface area contributed by atoms with Gasteiger partial charge in [0.05, 0.1) is 11.1 Å². The van der Waals surface area contributed by atoms with Gasteiger partial charge in [-0.1, -0.05) is 17.7 Å². The fourth-order valence-electron chi connectivity index (χ4n) is 4.34. The average molecular weight is 494 g/mol. The van der Waals surface area contributed by atoms with Crippen LogP contribution >= 0.6 is 11.6 Å². The van der Waals surface area contributed by atoms with Crippen LogP contribution in [0.2, 0.25) is 5.02 Å². The normalized spacial score (nSPS) is 21.6. The van der Waals surface area contributed by atoms with E-state index < -0.39 is 27.6 Å². The minimum Gasteiger partial charge on any atom is -0.347 e. The van der Waals surface area contributed by atoms with Crippen molar-refractivity contribution in [1.29, 1.82) is 0 Å². The van der Waals surface area contributed by atoms with Crippen LogP contribution in [0.5, 0.6) is 0 Å². The van der Waals surface area contributed by atoms with Gasteiger partial charge in [0.15, 0.2) is 14.9 Å². The lowest BCUT2D eigenvalue weighted by atomic mass is 10.0. The lowest BCUT2D eigenvalue weighted by Gasteiger charge is -2.30. The van der Waals surface area contributed by atoms with Gasteiger partial charge in [-0.05, 0) is 68.4 Å². The molecule has 7 nitrogen and oxygen atoms in total. The second-order valence-corrected chi connectivity index (χ2v) is 11.2. The maximum Gasteiger partial charge on any atom is 0.254 e. The number of sulfone groups is 1. The van der Waals surface area contributed by atoms with Crippen molar-refractivity contribution in [2.45, 2.75) is 55.8 Å². The summed E-state index contributed by atoms with van der Waals surface area (Å²) in [5.41, 5.74) is 0.805. The quantitative estimate of drug-likeness (QED) is 0.664. The van der Waals surface area contributed by atoms with Crippen LogP contribution in [0.15, 0.2) is 41.6 Å². The van der Waals surface area contributed by atoms with Crippen LogP contribution in [-0.2, 0) is 14.6 Å². The number of nitrogens with zero attached hydrogens (tertiary/aromatic N) is 2. The molecule has 1 saturated heterocycles. The van der Waals surface area contributed by atoms with E-state index >= 15 is 0 Å². The summed E-state index contributed by atoms with van der Waals surface area (Å²) in [6.07, 6.45) is 5.26. The van der Waals surface area contributed by atoms with Gasteiger partial charge in [-0.15, -0.1) is 0 Å². The summed E-state index contributed by atoms with van der Waals surface area (Å²) in [6.45, 7) is 1.86. The van der Waals surface area contributed by atoms with Gasteiger partial charge in [0.25, 0.3) is 5.91 Å². The smallest absolute Gasteiger partial charge is 0.254 e. The molecule has 1 aromatic heterocycles. The standard InChI is InChI=1S/C23H25ClFN3O4S/c1-13-3-8-19(28(13)23(30)16-9-10-26-20(12-16)33(2,31)32)22(29)27-21(14-4-5-14)15-6-7-17(24)18(25)11-15/h6-7,9-14,19,21H,3-5,8H2,1-2H3,(H,27,29)/t13-,19-,21-/m1/s1. The third kappa shape index (κ3) is 5.04. The summed E-state index contributed by atoms with van der Waals surface area (Å²) in [7, 11) is -3.58. The molecule has 10 heteroatoms. The first-order chi connectivity index (χ1) is 15.6. The highest BCUT2D eigenvalue weighted by molar-refractivity contribution is 7.90. The highest BCUT2D eigenvalue weighted by Crippen LogP contribution is 2.42. The molecule has 1 aliphatic heterocycles. The molecule has 1 saturated carbocycles. The van der Waals surface area contributed by atoms with Crippen molar-refractivity contribution >= 4 is 33.3 Å². The largest absolute Gasteiger partial charge is 0.347 e. The van der Waals surface area contributed by atoms with Gasteiger partial charge >= 0.3 is 0 Å². The molecule has 0 unspecified atom stereocenters. The Morgan fingerprint density at radius 1 is 1.18 bits per heavy atom. The zero-order chi connectivity index (χ0) is 23.9. The van der Waals surface area contributed by atoms with Gasteiger partial charge in [-0.25, -0.2) is 17.8 Å². The van der Waals surface area contributed by atoms with E-state index in [-0.39, 0.29) is 39.5 Å². The van der Waals surface area contributed by atoms with Gasteiger partial charge in [-0.2, -0.15) is 0 Å². The van der Waals surface area contributed by atoms with Crippen LogP contribution in [0, 0.1) is 11.7 Å². The van der Waals surface area contributed by atoms with Crippen molar-refractivity contribution in [3.05, 3.63) is 58.5 Å². The molecule has 1 aromatic carbocycles. The molecule has 2 fully saturated rings. The van der Waals surface area contributed by atoms with E-state index in [9.17, 15) is 22.4 Å². The van der Waals surface area contributed by atoms with Crippen molar-refractivity contribution in [1.82, 2.24) is 15.2 Å². The number of aromatic nitrogens is 1. The highest BCUT2D eigenvalue weighted by atomic mass is 35.5. The maximum absolute atomic E-state index is 14.0. The number of likely N-dealkylation sites (tertiary alicyclic amines) is 1. The number of amides is 2. The number of nitrogens with one attached hydrogen (secondary N) is 1. The first kappa shape index (κ1) is 23.6. The third-order valence-electron chi connectivity index (χ3n) is 6.26. The summed E-state index contributed by atoms with van der Waals surface area (Å²) in [6, 6.07) is 5.94. The molecule has 4 rings (SSSR count). The number of hydrogen-bond donors (Lipinski definition) is 1. The molecule has 2 aliphatic rings. The number of carbonyl (C=O) groups excluding carboxylic acids is 2. The number of pyridine rings is 1. The summed E-state index contributed by atoms with van der Waals surface area (Å²) in [4.78, 5) is 31.9. The van der Waals surface area contributed by atoms with Crippen molar-refractivity contribution in [2.24, 2.45) is 5.92 Å². The first-order valence-corrected chi connectivity index (χ1v) is 13.1. The Morgan fingerprint density at radius 2 is 1.91 bits per heavy atom. The van der Waals surface area contributed by atoms with E-state index in [4.69, 9.17) is 11.6 Å². The SMILES string of the molecule is C[C@@H]1CC[C@H](C(=O)N[C@@H](c2ccc(Cl)c(F)c2)C2CC2)N1C(=O)c1ccnc(S(C)(=O)=O)c1. The monoisotopic (exact) mass is 493 g/mol. The number of benzene rings is 1. The molecule has 3 atom stereocenters. The summed E-state index contributed by atoms with van der Waals surface area (Å²) < 4.78 is 37.7. The maximum atomic E-state index is 14.0. The van der Waals surface area contributed by atoms with Crippen LogP contribution < -0.4 is 5.32 Å². The Balaban J connectivity index is 1.57. The topological polar surface area (TPSA) is 96.4 Å². The molecular formula is C23H25ClFN3O4S. The van der Waals surface area contributed by atoms with Gasteiger partial charge in [0, 0.05) is 24.1 Å². The minimum atomic E-state index is -3.58. The first-order valence-electron chi connectivity index (χ1n) is 10.8. The van der Waals surface area contributed by atoms with Gasteiger partial charge < -0.3 is 10.2 Å². The van der Waals surface area contributed by atoms with E-state index in [1.54, 1.807) is 6.07 Å². The molecule has 0 radical (unpaired) electrons. The number of halogens is 2. The number of rotatable bonds is 6. The lowest BCUT2D eigenvalue weighted by Crippen LogP contribution is -2.49. The van der Waals surface area contributed by atoms with Gasteiger partial charge in [0.2, 0.25) is 5.91 Å². The molecule has 1 aliphatic carbocycles. The van der Waals surface area contributed by atoms with E-state index in [2.05, 4.69) is 10.3 Å². The second kappa shape index (κ2) is 9.02. The molecule has 2 amide bonds. The molecular weight excluding hydrogens is 469 g/mol. The minimum absolute atomic E-state index is 0.0202. The van der Waals surface area contributed by atoms with Crippen molar-refractivity contribution in [2.75, 3.05) is 6.26 Å². The lowest BCUT2D eigenvalue weighted by molar-refractivity contribution is -0.126. The van der Waals surface area contributed by atoms with E-state index in [0.717, 1.165) is 19.1 Å². The molecule has 33 heavy (non-hydrogen) atoms. The Bertz CT molecular complexity index is 1200. The Kier molecular flexibility index (Phi) is 6.46. The molecule has 2 aromatic rings. The van der Waals surface area contributed by atoms with Crippen molar-refractivity contribution < 1.29 is 22.4 Å². The highest BCUT2D eigenvalue weighted by Gasteiger charge is 2.42. The fourth-order valence-corrected chi connectivity index (χ4v) is 5.05. The number of hydrogen-bond acceptors (Lipinski definition) is 5. The fraction of sp³-hybridized carbons (Fsp3) is 0.435. The number of carbonyl (C=O) groups is 2. The zero-order valence-corrected chi connectivity index (χ0v) is 19.9. The Hall–Kier alpha value is -2.52. The third-order valence-corrected chi connectivity index (χ3v) is 7.55. The van der Waals surface area contributed by atoms with E-state index in [1.165, 1.54) is 35.4 Å². The zero-order valence-electron chi connectivity index (χ0n) is 18.3. The van der Waals surface area contributed by atoms with Crippen LogP contribution in [0.25, 0.3) is 0 Å². The summed E-state index contributed by atoms with van der Waals surface area (Å²) >= 11 is 5.81. The molecule has 176 valence electrons. The van der Waals surface area contributed by atoms with Crippen LogP contribution in [0.3, 0.4) is 0 Å². The molecule has 2 heterocycles. The Labute approximate surface area is 197 Å². The average Bonchev–Trinajstić information content (AvgIpc) is 3.54. The summed E-state index contributed by atoms with van der Waals surface area (Å²) in [5, 5.41) is 2.85. The second-order valence-electron chi connectivity index (χ2n) is 8.81. The van der Waals surface area contributed by atoms with Crippen LogP contribution in [-0.4, -0.2) is 48.5 Å². The van der Waals surface area contributed by atoms with Gasteiger partial charge in [-0.3, -0.25) is 9.59 Å². The summed E-state index contributed by atoms with van der Waals surface area (Å²) in [5.74, 6) is -1.07. The van der Waals surface area contributed by atoms with E-state index in [1.807, 2.05) is 6.92 Å². The van der Waals surface area contributed by atoms with Crippen LogP contribution in [0.4, 0.5) is 4.39 Å². The predicted molar refractivity (Wildman–Crippen MR) is 121 cm³/mol. The Morgan fingerprint density at radius 3 is 2.55 bits per heavy atom. The molecule has 0 spiro atoms. The van der Waals surface area contributed by atoms with Crippen molar-refractivity contribution in [3.63, 3.8) is 0 Å². The van der Waals surface area contributed by atoms with Crippen LogP contribution in [0.1, 0.15) is 54.6 Å². The molecule has 0 bridgehead atoms. The predicted octanol–water partition coefficient (Wildman–Crippen LogP) is 3.54. The molecule has 1 N–H and O–H groups in total. The van der Waals surface area contributed by atoms with E-state index in [0.29, 0.717) is 18.4 Å². The van der Waals surface area contributed by atoms with Crippen molar-refractivity contribution in [3.8, 4) is 0 Å². The van der Waals surface area contributed by atoms with Gasteiger partial charge in [0.1, 0.15) is 11.9 Å².